The highest BCUT2D eigenvalue weighted by Crippen LogP contribution is 2.49. The van der Waals surface area contributed by atoms with Crippen molar-refractivity contribution in [1.82, 2.24) is 9.80 Å². The number of amides is 2. The van der Waals surface area contributed by atoms with E-state index in [2.05, 4.69) is 33.9 Å². The first kappa shape index (κ1) is 31.0. The van der Waals surface area contributed by atoms with Gasteiger partial charge >= 0.3 is 6.18 Å². The molecule has 2 aliphatic rings. The van der Waals surface area contributed by atoms with Crippen LogP contribution in [-0.2, 0) is 26.7 Å². The molecule has 2 amide bonds. The van der Waals surface area contributed by atoms with Crippen molar-refractivity contribution in [2.24, 2.45) is 0 Å². The molecule has 0 atom stereocenters. The molecule has 1 aliphatic carbocycles. The van der Waals surface area contributed by atoms with E-state index in [0.29, 0.717) is 18.4 Å². The zero-order valence-corrected chi connectivity index (χ0v) is 26.3. The Bertz CT molecular complexity index is 1410. The molecule has 0 unspecified atom stereocenters. The lowest BCUT2D eigenvalue weighted by Gasteiger charge is -2.59. The fourth-order valence-electron chi connectivity index (χ4n) is 5.94. The number of alkyl halides is 3. The molecule has 3 aromatic rings. The van der Waals surface area contributed by atoms with Crippen molar-refractivity contribution in [2.75, 3.05) is 6.54 Å². The van der Waals surface area contributed by atoms with Gasteiger partial charge in [-0.05, 0) is 47.0 Å². The van der Waals surface area contributed by atoms with Crippen LogP contribution in [0.1, 0.15) is 61.9 Å². The van der Waals surface area contributed by atoms with Gasteiger partial charge in [0, 0.05) is 19.4 Å². The third-order valence-electron chi connectivity index (χ3n) is 9.34. The number of hydrogen-bond acceptors (Lipinski definition) is 3. The van der Waals surface area contributed by atoms with E-state index in [1.807, 2.05) is 60.7 Å². The Morgan fingerprint density at radius 1 is 0.860 bits per heavy atom. The topological polar surface area (TPSA) is 49.9 Å². The van der Waals surface area contributed by atoms with Gasteiger partial charge in [-0.25, -0.2) is 0 Å². The van der Waals surface area contributed by atoms with Gasteiger partial charge in [0.1, 0.15) is 12.1 Å². The highest BCUT2D eigenvalue weighted by Gasteiger charge is 2.62. The van der Waals surface area contributed by atoms with Gasteiger partial charge in [-0.15, -0.1) is 0 Å². The maximum Gasteiger partial charge on any atom is 0.416 e. The van der Waals surface area contributed by atoms with E-state index in [1.54, 1.807) is 9.80 Å². The van der Waals surface area contributed by atoms with Crippen molar-refractivity contribution >= 4 is 20.1 Å². The fraction of sp³-hybridized carbons (Fsp3) is 0.412. The first-order valence-corrected chi connectivity index (χ1v) is 17.6. The minimum atomic E-state index is -4.46. The second-order valence-corrected chi connectivity index (χ2v) is 18.0. The summed E-state index contributed by atoms with van der Waals surface area (Å²) in [7, 11) is -2.16. The quantitative estimate of drug-likeness (QED) is 0.260. The Hall–Kier alpha value is -3.43. The summed E-state index contributed by atoms with van der Waals surface area (Å²) < 4.78 is 46.3. The van der Waals surface area contributed by atoms with Crippen LogP contribution in [0.25, 0.3) is 0 Å². The van der Waals surface area contributed by atoms with E-state index in [1.165, 1.54) is 12.1 Å². The second kappa shape index (κ2) is 11.2. The zero-order valence-electron chi connectivity index (χ0n) is 25.3. The third-order valence-corrected chi connectivity index (χ3v) is 13.9. The Morgan fingerprint density at radius 2 is 1.37 bits per heavy atom. The molecule has 5 rings (SSSR count). The molecule has 1 saturated heterocycles. The normalized spacial score (nSPS) is 21.5. The molecule has 3 aromatic carbocycles. The minimum Gasteiger partial charge on any atom is -0.414 e. The van der Waals surface area contributed by atoms with Crippen LogP contribution in [0.2, 0.25) is 18.1 Å². The lowest BCUT2D eigenvalue weighted by molar-refractivity contribution is -0.182. The lowest BCUT2D eigenvalue weighted by atomic mass is 9.70. The van der Waals surface area contributed by atoms with E-state index in [-0.39, 0.29) is 36.0 Å². The van der Waals surface area contributed by atoms with Gasteiger partial charge in [0.05, 0.1) is 17.7 Å². The molecule has 9 heteroatoms. The predicted octanol–water partition coefficient (Wildman–Crippen LogP) is 7.59. The monoisotopic (exact) mass is 608 g/mol. The highest BCUT2D eigenvalue weighted by molar-refractivity contribution is 6.74. The van der Waals surface area contributed by atoms with Crippen molar-refractivity contribution in [3.63, 3.8) is 0 Å². The zero-order chi connectivity index (χ0) is 31.2. The summed E-state index contributed by atoms with van der Waals surface area (Å²) in [5.41, 5.74) is 0.438. The number of carbonyl (C=O) groups is 2. The van der Waals surface area contributed by atoms with Gasteiger partial charge in [0.2, 0.25) is 11.8 Å². The molecular weight excluding hydrogens is 569 g/mol. The summed E-state index contributed by atoms with van der Waals surface area (Å²) in [4.78, 5) is 32.0. The van der Waals surface area contributed by atoms with Crippen LogP contribution in [-0.4, -0.2) is 48.1 Å². The molecule has 2 fully saturated rings. The summed E-state index contributed by atoms with van der Waals surface area (Å²) in [6.45, 7) is 10.7. The van der Waals surface area contributed by atoms with Gasteiger partial charge in [-0.3, -0.25) is 9.59 Å². The number of rotatable bonds is 7. The van der Waals surface area contributed by atoms with E-state index in [9.17, 15) is 22.8 Å². The Labute approximate surface area is 252 Å². The highest BCUT2D eigenvalue weighted by atomic mass is 28.4. The molecule has 0 radical (unpaired) electrons. The van der Waals surface area contributed by atoms with Crippen LogP contribution in [0.15, 0.2) is 84.9 Å². The molecule has 1 heterocycles. The first-order chi connectivity index (χ1) is 20.1. The smallest absolute Gasteiger partial charge is 0.414 e. The molecule has 1 spiro atoms. The molecule has 0 aromatic heterocycles. The maximum atomic E-state index is 14.7. The third kappa shape index (κ3) is 6.02. The Morgan fingerprint density at radius 3 is 1.84 bits per heavy atom. The molecule has 1 saturated carbocycles. The molecule has 43 heavy (non-hydrogen) atoms. The summed E-state index contributed by atoms with van der Waals surface area (Å²) in [5, 5.41) is -0.0280. The Balaban J connectivity index is 1.51. The average molecular weight is 609 g/mol. The number of hydrogen-bond donors (Lipinski definition) is 0. The largest absolute Gasteiger partial charge is 0.416 e. The summed E-state index contributed by atoms with van der Waals surface area (Å²) in [5.74, 6) is -0.395. The summed E-state index contributed by atoms with van der Waals surface area (Å²) in [6.07, 6.45) is -3.96. The number of carbonyl (C=O) groups excluding carboxylic acids is 2. The van der Waals surface area contributed by atoms with Crippen LogP contribution in [0.5, 0.6) is 0 Å². The first-order valence-electron chi connectivity index (χ1n) is 14.7. The van der Waals surface area contributed by atoms with Crippen molar-refractivity contribution in [3.8, 4) is 0 Å². The van der Waals surface area contributed by atoms with Gasteiger partial charge < -0.3 is 14.2 Å². The molecule has 5 nitrogen and oxygen atoms in total. The molecule has 228 valence electrons. The van der Waals surface area contributed by atoms with Crippen LogP contribution < -0.4 is 0 Å². The number of benzene rings is 3. The number of nitrogens with zero attached hydrogens (tertiary/aromatic N) is 2. The van der Waals surface area contributed by atoms with Crippen molar-refractivity contribution in [3.05, 3.63) is 107 Å². The lowest BCUT2D eigenvalue weighted by Crippen LogP contribution is -2.74. The van der Waals surface area contributed by atoms with Gasteiger partial charge in [-0.2, -0.15) is 13.2 Å². The van der Waals surface area contributed by atoms with Crippen LogP contribution in [0.4, 0.5) is 13.2 Å². The van der Waals surface area contributed by atoms with Crippen molar-refractivity contribution < 1.29 is 27.2 Å². The molecular formula is C34H39F3N2O3Si. The van der Waals surface area contributed by atoms with Crippen LogP contribution >= 0.6 is 0 Å². The standard InChI is InChI=1S/C34H39F3N2O3Si/c1-32(2,3)43(4,5)42-28-20-33(21-28)31(41)38(30(25-12-8-6-9-13-25)26-14-10-7-11-15-26)23-29(40)39(33)22-24-16-18-27(19-17-24)34(35,36)37/h6-19,28,30H,20-23H2,1-5H3. The van der Waals surface area contributed by atoms with Gasteiger partial charge in [-0.1, -0.05) is 93.6 Å². The van der Waals surface area contributed by atoms with Crippen molar-refractivity contribution in [1.29, 1.82) is 0 Å². The van der Waals surface area contributed by atoms with Crippen LogP contribution in [0.3, 0.4) is 0 Å². The van der Waals surface area contributed by atoms with Crippen molar-refractivity contribution in [2.45, 2.75) is 82.2 Å². The van der Waals surface area contributed by atoms with E-state index >= 15 is 0 Å². The summed E-state index contributed by atoms with van der Waals surface area (Å²) >= 11 is 0. The molecule has 1 aliphatic heterocycles. The molecule has 0 bridgehead atoms. The SMILES string of the molecule is CC(C)(C)[Si](C)(C)OC1CC2(C1)C(=O)N(C(c1ccccc1)c1ccccc1)CC(=O)N2Cc1ccc(C(F)(F)F)cc1. The van der Waals surface area contributed by atoms with E-state index in [4.69, 9.17) is 4.43 Å². The second-order valence-electron chi connectivity index (χ2n) is 13.3. The van der Waals surface area contributed by atoms with Crippen LogP contribution in [0, 0.1) is 0 Å². The van der Waals surface area contributed by atoms with Gasteiger partial charge in [0.25, 0.3) is 0 Å². The number of halogens is 3. The number of piperazine rings is 1. The fourth-order valence-corrected chi connectivity index (χ4v) is 7.30. The van der Waals surface area contributed by atoms with Gasteiger partial charge in [0.15, 0.2) is 8.32 Å². The predicted molar refractivity (Wildman–Crippen MR) is 162 cm³/mol. The van der Waals surface area contributed by atoms with E-state index < -0.39 is 31.6 Å². The van der Waals surface area contributed by atoms with E-state index in [0.717, 1.165) is 23.3 Å². The summed E-state index contributed by atoms with van der Waals surface area (Å²) in [6, 6.07) is 23.7. The maximum absolute atomic E-state index is 14.7. The Kier molecular flexibility index (Phi) is 8.11. The molecule has 0 N–H and O–H groups in total. The minimum absolute atomic E-state index is 0.0280. The average Bonchev–Trinajstić information content (AvgIpc) is 2.92.